The predicted molar refractivity (Wildman–Crippen MR) is 93.6 cm³/mol. The van der Waals surface area contributed by atoms with E-state index in [1.54, 1.807) is 0 Å². The molecule has 4 rings (SSSR count). The molecule has 0 aliphatic heterocycles. The molecule has 0 saturated carbocycles. The molecular formula is C19H21NOS. The molecular weight excluding hydrogens is 290 g/mol. The fraction of sp³-hybridized carbons (Fsp3) is 0.368. The van der Waals surface area contributed by atoms with Crippen molar-refractivity contribution >= 4 is 22.2 Å². The number of para-hydroxylation sites is 1. The van der Waals surface area contributed by atoms with Crippen LogP contribution in [0.2, 0.25) is 0 Å². The number of aryl methyl sites for hydroxylation is 4. The highest BCUT2D eigenvalue weighted by molar-refractivity contribution is 7.12. The van der Waals surface area contributed by atoms with E-state index in [0.29, 0.717) is 0 Å². The topological polar surface area (TPSA) is 25.2 Å². The van der Waals surface area contributed by atoms with Gasteiger partial charge in [0.1, 0.15) is 0 Å². The summed E-state index contributed by atoms with van der Waals surface area (Å²) in [5.41, 5.74) is 5.66. The molecule has 2 nitrogen and oxygen atoms in total. The van der Waals surface area contributed by atoms with Gasteiger partial charge in [0.05, 0.1) is 11.8 Å². The molecule has 2 heterocycles. The Morgan fingerprint density at radius 1 is 1.27 bits per heavy atom. The Hall–Kier alpha value is -1.58. The van der Waals surface area contributed by atoms with E-state index in [1.807, 2.05) is 18.3 Å². The van der Waals surface area contributed by atoms with Crippen LogP contribution in [0, 0.1) is 0 Å². The van der Waals surface area contributed by atoms with Gasteiger partial charge in [0.2, 0.25) is 0 Å². The number of nitrogens with zero attached hydrogens (tertiary/aromatic N) is 1. The Kier molecular flexibility index (Phi) is 3.35. The number of aliphatic hydroxyl groups is 1. The standard InChI is InChI=1S/C19H21NOS/c1-12(21)7-8-13-11-16-18(22-13)10-9-15-14-5-3-4-6-17(14)20(2)19(15)16/h3-6,11-12,21H,7-10H2,1-2H3. The number of hydrogen-bond donors (Lipinski definition) is 1. The number of benzene rings is 1. The number of hydrogen-bond acceptors (Lipinski definition) is 2. The maximum Gasteiger partial charge on any atom is 0.0532 e. The molecule has 0 bridgehead atoms. The Labute approximate surface area is 135 Å². The molecule has 2 aromatic heterocycles. The van der Waals surface area contributed by atoms with Crippen molar-refractivity contribution in [3.05, 3.63) is 45.6 Å². The third-order valence-corrected chi connectivity index (χ3v) is 5.99. The van der Waals surface area contributed by atoms with Crippen molar-refractivity contribution in [2.75, 3.05) is 0 Å². The molecule has 1 N–H and O–H groups in total. The zero-order valence-electron chi connectivity index (χ0n) is 13.1. The summed E-state index contributed by atoms with van der Waals surface area (Å²) in [6.07, 6.45) is 3.90. The summed E-state index contributed by atoms with van der Waals surface area (Å²) in [5.74, 6) is 0. The lowest BCUT2D eigenvalue weighted by Crippen LogP contribution is -2.02. The average molecular weight is 311 g/mol. The van der Waals surface area contributed by atoms with Crippen LogP contribution in [0.1, 0.15) is 28.7 Å². The number of fused-ring (bicyclic) bond motifs is 5. The van der Waals surface area contributed by atoms with Crippen molar-refractivity contribution in [1.29, 1.82) is 0 Å². The van der Waals surface area contributed by atoms with Crippen LogP contribution in [-0.2, 0) is 26.3 Å². The fourth-order valence-electron chi connectivity index (χ4n) is 3.65. The summed E-state index contributed by atoms with van der Waals surface area (Å²) in [5, 5.41) is 10.9. The van der Waals surface area contributed by atoms with Crippen LogP contribution in [-0.4, -0.2) is 15.8 Å². The van der Waals surface area contributed by atoms with E-state index < -0.39 is 0 Å². The molecule has 22 heavy (non-hydrogen) atoms. The molecule has 1 aromatic carbocycles. The molecule has 1 aliphatic rings. The lowest BCUT2D eigenvalue weighted by molar-refractivity contribution is 0.185. The Balaban J connectivity index is 1.83. The van der Waals surface area contributed by atoms with E-state index >= 15 is 0 Å². The highest BCUT2D eigenvalue weighted by Gasteiger charge is 2.24. The molecule has 1 atom stereocenters. The maximum atomic E-state index is 9.51. The summed E-state index contributed by atoms with van der Waals surface area (Å²) in [6, 6.07) is 11.1. The summed E-state index contributed by atoms with van der Waals surface area (Å²) >= 11 is 1.94. The number of thiophene rings is 1. The lowest BCUT2D eigenvalue weighted by Gasteiger charge is -2.14. The second-order valence-corrected chi connectivity index (χ2v) is 7.56. The quantitative estimate of drug-likeness (QED) is 0.765. The van der Waals surface area contributed by atoms with Gasteiger partial charge in [-0.3, -0.25) is 0 Å². The van der Waals surface area contributed by atoms with E-state index in [-0.39, 0.29) is 6.10 Å². The minimum Gasteiger partial charge on any atom is -0.393 e. The van der Waals surface area contributed by atoms with Crippen LogP contribution >= 0.6 is 11.3 Å². The molecule has 0 saturated heterocycles. The maximum absolute atomic E-state index is 9.51. The van der Waals surface area contributed by atoms with Crippen molar-refractivity contribution in [2.45, 2.75) is 38.7 Å². The Bertz CT molecular complexity index is 841. The molecule has 0 radical (unpaired) electrons. The molecule has 0 spiro atoms. The lowest BCUT2D eigenvalue weighted by atomic mass is 9.94. The molecule has 114 valence electrons. The minimum absolute atomic E-state index is 0.215. The summed E-state index contributed by atoms with van der Waals surface area (Å²) in [7, 11) is 2.18. The highest BCUT2D eigenvalue weighted by atomic mass is 32.1. The van der Waals surface area contributed by atoms with E-state index in [1.165, 1.54) is 37.5 Å². The first-order valence-corrected chi connectivity index (χ1v) is 8.83. The largest absolute Gasteiger partial charge is 0.393 e. The van der Waals surface area contributed by atoms with Gasteiger partial charge >= 0.3 is 0 Å². The molecule has 0 amide bonds. The van der Waals surface area contributed by atoms with Crippen LogP contribution in [0.3, 0.4) is 0 Å². The zero-order valence-corrected chi connectivity index (χ0v) is 13.9. The van der Waals surface area contributed by atoms with Crippen LogP contribution < -0.4 is 0 Å². The third-order valence-electron chi connectivity index (χ3n) is 4.74. The van der Waals surface area contributed by atoms with Gasteiger partial charge in [0, 0.05) is 33.3 Å². The van der Waals surface area contributed by atoms with Gasteiger partial charge in [-0.15, -0.1) is 11.3 Å². The SMILES string of the molecule is CC(O)CCc1cc2c(s1)CCc1c-2n(C)c2ccccc12. The zero-order chi connectivity index (χ0) is 15.3. The van der Waals surface area contributed by atoms with Crippen LogP contribution in [0.15, 0.2) is 30.3 Å². The van der Waals surface area contributed by atoms with Crippen LogP contribution in [0.5, 0.6) is 0 Å². The smallest absolute Gasteiger partial charge is 0.0532 e. The van der Waals surface area contributed by atoms with Gasteiger partial charge in [0.15, 0.2) is 0 Å². The Morgan fingerprint density at radius 2 is 2.09 bits per heavy atom. The van der Waals surface area contributed by atoms with Crippen molar-refractivity contribution in [2.24, 2.45) is 7.05 Å². The number of rotatable bonds is 3. The van der Waals surface area contributed by atoms with E-state index in [4.69, 9.17) is 0 Å². The van der Waals surface area contributed by atoms with E-state index in [0.717, 1.165) is 25.7 Å². The summed E-state index contributed by atoms with van der Waals surface area (Å²) in [4.78, 5) is 2.92. The average Bonchev–Trinajstić information content (AvgIpc) is 3.05. The Morgan fingerprint density at radius 3 is 2.91 bits per heavy atom. The number of aromatic nitrogens is 1. The monoisotopic (exact) mass is 311 g/mol. The number of aliphatic hydroxyl groups excluding tert-OH is 1. The van der Waals surface area contributed by atoms with Gasteiger partial charge in [-0.05, 0) is 50.3 Å². The van der Waals surface area contributed by atoms with Crippen LogP contribution in [0.25, 0.3) is 22.2 Å². The first-order chi connectivity index (χ1) is 10.6. The van der Waals surface area contributed by atoms with Gasteiger partial charge in [-0.25, -0.2) is 0 Å². The van der Waals surface area contributed by atoms with Gasteiger partial charge in [0.25, 0.3) is 0 Å². The van der Waals surface area contributed by atoms with Crippen molar-refractivity contribution in [1.82, 2.24) is 4.57 Å². The summed E-state index contributed by atoms with van der Waals surface area (Å²) in [6.45, 7) is 1.87. The van der Waals surface area contributed by atoms with Crippen LogP contribution in [0.4, 0.5) is 0 Å². The minimum atomic E-state index is -0.215. The third kappa shape index (κ3) is 2.11. The van der Waals surface area contributed by atoms with Crippen molar-refractivity contribution < 1.29 is 5.11 Å². The first kappa shape index (κ1) is 14.0. The van der Waals surface area contributed by atoms with Crippen molar-refractivity contribution in [3.8, 4) is 11.3 Å². The highest BCUT2D eigenvalue weighted by Crippen LogP contribution is 2.43. The van der Waals surface area contributed by atoms with E-state index in [2.05, 4.69) is 41.9 Å². The predicted octanol–water partition coefficient (Wildman–Crippen LogP) is 4.32. The molecule has 0 fully saturated rings. The fourth-order valence-corrected chi connectivity index (χ4v) is 4.83. The molecule has 3 heteroatoms. The molecule has 1 unspecified atom stereocenters. The van der Waals surface area contributed by atoms with Gasteiger partial charge in [-0.1, -0.05) is 18.2 Å². The second-order valence-electron chi connectivity index (χ2n) is 6.34. The second kappa shape index (κ2) is 5.25. The van der Waals surface area contributed by atoms with E-state index in [9.17, 15) is 5.11 Å². The summed E-state index contributed by atoms with van der Waals surface area (Å²) < 4.78 is 2.35. The normalized spacial score (nSPS) is 14.9. The first-order valence-electron chi connectivity index (χ1n) is 8.01. The molecule has 1 aliphatic carbocycles. The van der Waals surface area contributed by atoms with Crippen molar-refractivity contribution in [3.63, 3.8) is 0 Å². The van der Waals surface area contributed by atoms with Gasteiger partial charge < -0.3 is 9.67 Å². The molecule has 3 aromatic rings. The van der Waals surface area contributed by atoms with Gasteiger partial charge in [-0.2, -0.15) is 0 Å².